The third kappa shape index (κ3) is 3.96. The van der Waals surface area contributed by atoms with Gasteiger partial charge in [-0.25, -0.2) is 0 Å². The van der Waals surface area contributed by atoms with Crippen LogP contribution in [0.4, 0.5) is 0 Å². The van der Waals surface area contributed by atoms with E-state index in [2.05, 4.69) is 10.4 Å². The number of aryl methyl sites for hydroxylation is 2. The van der Waals surface area contributed by atoms with Crippen molar-refractivity contribution < 1.29 is 4.79 Å². The van der Waals surface area contributed by atoms with Crippen molar-refractivity contribution in [2.24, 2.45) is 0 Å². The van der Waals surface area contributed by atoms with Crippen LogP contribution >= 0.6 is 11.6 Å². The minimum atomic E-state index is 0.175. The van der Waals surface area contributed by atoms with Crippen molar-refractivity contribution in [2.75, 3.05) is 39.8 Å². The van der Waals surface area contributed by atoms with Crippen LogP contribution in [0.2, 0.25) is 5.02 Å². The number of nitrogens with one attached hydrogen (secondary N) is 1. The quantitative estimate of drug-likeness (QED) is 0.871. The highest BCUT2D eigenvalue weighted by Gasteiger charge is 2.20. The Hall–Kier alpha value is -1.11. The second-order valence-corrected chi connectivity index (χ2v) is 5.84. The van der Waals surface area contributed by atoms with Gasteiger partial charge in [0.2, 0.25) is 5.91 Å². The number of nitrogens with zero attached hydrogens (tertiary/aromatic N) is 4. The number of amides is 1. The zero-order valence-corrected chi connectivity index (χ0v) is 13.8. The average Bonchev–Trinajstić information content (AvgIpc) is 2.75. The molecule has 0 bridgehead atoms. The van der Waals surface area contributed by atoms with E-state index in [4.69, 9.17) is 11.6 Å². The number of halogens is 1. The predicted molar refractivity (Wildman–Crippen MR) is 83.4 cm³/mol. The first-order valence-corrected chi connectivity index (χ1v) is 7.79. The van der Waals surface area contributed by atoms with E-state index >= 15 is 0 Å². The first kappa shape index (κ1) is 16.3. The summed E-state index contributed by atoms with van der Waals surface area (Å²) in [4.78, 5) is 16.2. The van der Waals surface area contributed by atoms with Crippen LogP contribution in [-0.4, -0.2) is 65.3 Å². The van der Waals surface area contributed by atoms with Gasteiger partial charge >= 0.3 is 0 Å². The number of carbonyl (C=O) groups is 1. The number of piperazine rings is 1. The summed E-state index contributed by atoms with van der Waals surface area (Å²) in [6.45, 7) is 9.10. The minimum absolute atomic E-state index is 0.175. The normalized spacial score (nSPS) is 15.8. The summed E-state index contributed by atoms with van der Waals surface area (Å²) in [7, 11) is 1.94. The number of hydrogen-bond donors (Lipinski definition) is 1. The molecule has 1 aromatic rings. The second kappa shape index (κ2) is 7.24. The number of likely N-dealkylation sites (N-methyl/N-ethyl adjacent to an activating group) is 1. The fourth-order valence-corrected chi connectivity index (χ4v) is 2.77. The van der Waals surface area contributed by atoms with Crippen LogP contribution in [0, 0.1) is 6.92 Å². The largest absolute Gasteiger partial charge is 0.339 e. The van der Waals surface area contributed by atoms with Gasteiger partial charge < -0.3 is 10.2 Å². The van der Waals surface area contributed by atoms with Crippen molar-refractivity contribution in [3.05, 3.63) is 16.4 Å². The van der Waals surface area contributed by atoms with E-state index in [9.17, 15) is 4.79 Å². The fourth-order valence-electron chi connectivity index (χ4n) is 2.58. The van der Waals surface area contributed by atoms with Gasteiger partial charge in [-0.15, -0.1) is 0 Å². The molecule has 1 aromatic heterocycles. The lowest BCUT2D eigenvalue weighted by Gasteiger charge is -2.29. The van der Waals surface area contributed by atoms with E-state index in [0.717, 1.165) is 44.1 Å². The Balaban J connectivity index is 1.95. The van der Waals surface area contributed by atoms with Crippen molar-refractivity contribution in [1.29, 1.82) is 0 Å². The van der Waals surface area contributed by atoms with Gasteiger partial charge in [0, 0.05) is 39.3 Å². The summed E-state index contributed by atoms with van der Waals surface area (Å²) in [5.41, 5.74) is 1.82. The fraction of sp³-hybridized carbons (Fsp3) is 0.714. The standard InChI is InChI=1S/C14H24ClN5O/c1-4-20-12(14(15)11(2)17-20)9-18(3)10-13(21)19-7-5-16-6-8-19/h16H,4-10H2,1-3H3. The van der Waals surface area contributed by atoms with E-state index in [1.807, 2.05) is 35.4 Å². The highest BCUT2D eigenvalue weighted by molar-refractivity contribution is 6.31. The van der Waals surface area contributed by atoms with Gasteiger partial charge in [-0.3, -0.25) is 14.4 Å². The van der Waals surface area contributed by atoms with Crippen molar-refractivity contribution in [2.45, 2.75) is 26.9 Å². The molecule has 1 aliphatic heterocycles. The summed E-state index contributed by atoms with van der Waals surface area (Å²) in [6, 6.07) is 0. The van der Waals surface area contributed by atoms with Gasteiger partial charge in [-0.1, -0.05) is 11.6 Å². The topological polar surface area (TPSA) is 53.4 Å². The van der Waals surface area contributed by atoms with Gasteiger partial charge in [0.25, 0.3) is 0 Å². The van der Waals surface area contributed by atoms with Crippen LogP contribution in [0.25, 0.3) is 0 Å². The maximum Gasteiger partial charge on any atom is 0.236 e. The van der Waals surface area contributed by atoms with Crippen molar-refractivity contribution in [1.82, 2.24) is 24.9 Å². The molecule has 0 aromatic carbocycles. The zero-order valence-electron chi connectivity index (χ0n) is 13.0. The molecule has 0 aliphatic carbocycles. The first-order valence-electron chi connectivity index (χ1n) is 7.41. The van der Waals surface area contributed by atoms with E-state index < -0.39 is 0 Å². The number of rotatable bonds is 5. The van der Waals surface area contributed by atoms with E-state index in [1.54, 1.807) is 0 Å². The lowest BCUT2D eigenvalue weighted by Crippen LogP contribution is -2.49. The molecule has 1 saturated heterocycles. The maximum absolute atomic E-state index is 12.2. The van der Waals surface area contributed by atoms with Crippen LogP contribution < -0.4 is 5.32 Å². The minimum Gasteiger partial charge on any atom is -0.339 e. The SMILES string of the molecule is CCn1nc(C)c(Cl)c1CN(C)CC(=O)N1CCNCC1. The monoisotopic (exact) mass is 313 g/mol. The highest BCUT2D eigenvalue weighted by atomic mass is 35.5. The predicted octanol–water partition coefficient (Wildman–Crippen LogP) is 0.728. The van der Waals surface area contributed by atoms with Crippen LogP contribution in [0.1, 0.15) is 18.3 Å². The Kier molecular flexibility index (Phi) is 5.61. The molecule has 0 radical (unpaired) electrons. The van der Waals surface area contributed by atoms with Crippen LogP contribution in [0.3, 0.4) is 0 Å². The number of aromatic nitrogens is 2. The number of hydrogen-bond acceptors (Lipinski definition) is 4. The lowest BCUT2D eigenvalue weighted by atomic mass is 10.3. The molecule has 0 unspecified atom stereocenters. The summed E-state index contributed by atoms with van der Waals surface area (Å²) < 4.78 is 1.91. The molecule has 0 atom stereocenters. The zero-order chi connectivity index (χ0) is 15.4. The smallest absolute Gasteiger partial charge is 0.236 e. The average molecular weight is 314 g/mol. The van der Waals surface area contributed by atoms with Crippen molar-refractivity contribution in [3.63, 3.8) is 0 Å². The molecular weight excluding hydrogens is 290 g/mol. The van der Waals surface area contributed by atoms with Gasteiger partial charge in [-0.05, 0) is 20.9 Å². The molecule has 21 heavy (non-hydrogen) atoms. The Morgan fingerprint density at radius 1 is 1.43 bits per heavy atom. The third-order valence-corrected chi connectivity index (χ3v) is 4.24. The van der Waals surface area contributed by atoms with Crippen LogP contribution in [0.5, 0.6) is 0 Å². The molecule has 7 heteroatoms. The van der Waals surface area contributed by atoms with E-state index in [0.29, 0.717) is 18.1 Å². The molecule has 6 nitrogen and oxygen atoms in total. The summed E-state index contributed by atoms with van der Waals surface area (Å²) in [6.07, 6.45) is 0. The van der Waals surface area contributed by atoms with E-state index in [-0.39, 0.29) is 5.91 Å². The summed E-state index contributed by atoms with van der Waals surface area (Å²) >= 11 is 6.31. The molecule has 2 rings (SSSR count). The first-order chi connectivity index (χ1) is 10.0. The summed E-state index contributed by atoms with van der Waals surface area (Å²) in [5, 5.41) is 8.36. The van der Waals surface area contributed by atoms with Gasteiger partial charge in [0.15, 0.2) is 0 Å². The molecule has 118 valence electrons. The van der Waals surface area contributed by atoms with Crippen LogP contribution in [0.15, 0.2) is 0 Å². The van der Waals surface area contributed by atoms with Gasteiger partial charge in [0.1, 0.15) is 0 Å². The molecular formula is C14H24ClN5O. The van der Waals surface area contributed by atoms with Crippen LogP contribution in [-0.2, 0) is 17.9 Å². The molecule has 1 fully saturated rings. The van der Waals surface area contributed by atoms with Crippen molar-refractivity contribution in [3.8, 4) is 0 Å². The van der Waals surface area contributed by atoms with Gasteiger partial charge in [0.05, 0.1) is 23.0 Å². The Bertz CT molecular complexity index is 496. The molecule has 0 spiro atoms. The summed E-state index contributed by atoms with van der Waals surface area (Å²) in [5.74, 6) is 0.175. The van der Waals surface area contributed by atoms with Gasteiger partial charge in [-0.2, -0.15) is 5.10 Å². The maximum atomic E-state index is 12.2. The Morgan fingerprint density at radius 2 is 2.10 bits per heavy atom. The Labute approximate surface area is 131 Å². The molecule has 1 aliphatic rings. The van der Waals surface area contributed by atoms with E-state index in [1.165, 1.54) is 0 Å². The molecule has 0 saturated carbocycles. The highest BCUT2D eigenvalue weighted by Crippen LogP contribution is 2.21. The molecule has 2 heterocycles. The van der Waals surface area contributed by atoms with Crippen molar-refractivity contribution >= 4 is 17.5 Å². The Morgan fingerprint density at radius 3 is 2.71 bits per heavy atom. The lowest BCUT2D eigenvalue weighted by molar-refractivity contribution is -0.132. The number of carbonyl (C=O) groups excluding carboxylic acids is 1. The third-order valence-electron chi connectivity index (χ3n) is 3.75. The molecule has 1 amide bonds. The molecule has 1 N–H and O–H groups in total. The second-order valence-electron chi connectivity index (χ2n) is 5.46.